The summed E-state index contributed by atoms with van der Waals surface area (Å²) in [5.74, 6) is 0. The van der Waals surface area contributed by atoms with Gasteiger partial charge in [-0.3, -0.25) is 5.32 Å². The Balaban J connectivity index is 2.68. The predicted molar refractivity (Wildman–Crippen MR) is 75.1 cm³/mol. The van der Waals surface area contributed by atoms with Crippen molar-refractivity contribution in [3.63, 3.8) is 0 Å². The molecule has 1 aromatic carbocycles. The van der Waals surface area contributed by atoms with Crippen LogP contribution in [0, 0.1) is 6.92 Å². The van der Waals surface area contributed by atoms with Crippen molar-refractivity contribution < 1.29 is 23.0 Å². The number of rotatable bonds is 7. The highest BCUT2D eigenvalue weighted by molar-refractivity contribution is 5.26. The standard InChI is InChI=1S/C15H22F3NO2/c1-10(2)21-9-13(20)8-19-14(15(16,17)18)12-6-4-5-11(3)7-12/h4-7,10,13-14,19-20H,8-9H2,1-3H3. The minimum Gasteiger partial charge on any atom is -0.389 e. The zero-order chi connectivity index (χ0) is 16.0. The first kappa shape index (κ1) is 17.9. The molecular formula is C15H22F3NO2. The fourth-order valence-electron chi connectivity index (χ4n) is 1.89. The first-order chi connectivity index (χ1) is 9.70. The monoisotopic (exact) mass is 305 g/mol. The molecule has 1 rings (SSSR count). The average Bonchev–Trinajstić information content (AvgIpc) is 2.35. The van der Waals surface area contributed by atoms with E-state index in [0.29, 0.717) is 0 Å². The van der Waals surface area contributed by atoms with Crippen LogP contribution in [0.15, 0.2) is 24.3 Å². The van der Waals surface area contributed by atoms with E-state index in [9.17, 15) is 18.3 Å². The van der Waals surface area contributed by atoms with E-state index >= 15 is 0 Å². The lowest BCUT2D eigenvalue weighted by Crippen LogP contribution is -2.40. The molecule has 0 aliphatic rings. The quantitative estimate of drug-likeness (QED) is 0.814. The Morgan fingerprint density at radius 2 is 1.95 bits per heavy atom. The molecule has 21 heavy (non-hydrogen) atoms. The fourth-order valence-corrected chi connectivity index (χ4v) is 1.89. The van der Waals surface area contributed by atoms with Gasteiger partial charge >= 0.3 is 6.18 Å². The summed E-state index contributed by atoms with van der Waals surface area (Å²) in [7, 11) is 0. The Morgan fingerprint density at radius 1 is 1.29 bits per heavy atom. The molecule has 0 aliphatic carbocycles. The summed E-state index contributed by atoms with van der Waals surface area (Å²) >= 11 is 0. The lowest BCUT2D eigenvalue weighted by molar-refractivity contribution is -0.159. The zero-order valence-electron chi connectivity index (χ0n) is 12.4. The van der Waals surface area contributed by atoms with Gasteiger partial charge in [0.15, 0.2) is 0 Å². The number of hydrogen-bond donors (Lipinski definition) is 2. The molecule has 0 saturated carbocycles. The van der Waals surface area contributed by atoms with Crippen LogP contribution < -0.4 is 5.32 Å². The summed E-state index contributed by atoms with van der Waals surface area (Å²) in [5.41, 5.74) is 0.895. The van der Waals surface area contributed by atoms with Crippen LogP contribution in [0.25, 0.3) is 0 Å². The first-order valence-corrected chi connectivity index (χ1v) is 6.86. The van der Waals surface area contributed by atoms with Gasteiger partial charge in [0.1, 0.15) is 6.04 Å². The van der Waals surface area contributed by atoms with Crippen molar-refractivity contribution in [3.8, 4) is 0 Å². The smallest absolute Gasteiger partial charge is 0.389 e. The van der Waals surface area contributed by atoms with E-state index in [-0.39, 0.29) is 24.8 Å². The van der Waals surface area contributed by atoms with Crippen LogP contribution in [0.3, 0.4) is 0 Å². The Morgan fingerprint density at radius 3 is 2.48 bits per heavy atom. The molecule has 120 valence electrons. The minimum absolute atomic E-state index is 0.00304. The van der Waals surface area contributed by atoms with Gasteiger partial charge in [-0.1, -0.05) is 29.8 Å². The molecule has 0 saturated heterocycles. The van der Waals surface area contributed by atoms with Gasteiger partial charge in [-0.25, -0.2) is 0 Å². The average molecular weight is 305 g/mol. The highest BCUT2D eigenvalue weighted by Crippen LogP contribution is 2.32. The normalized spacial score (nSPS) is 15.2. The van der Waals surface area contributed by atoms with Crippen LogP contribution in [-0.4, -0.2) is 36.6 Å². The van der Waals surface area contributed by atoms with Crippen molar-refractivity contribution in [2.75, 3.05) is 13.2 Å². The maximum Gasteiger partial charge on any atom is 0.407 e. The van der Waals surface area contributed by atoms with Gasteiger partial charge in [0.25, 0.3) is 0 Å². The van der Waals surface area contributed by atoms with E-state index in [1.54, 1.807) is 32.9 Å². The lowest BCUT2D eigenvalue weighted by Gasteiger charge is -2.24. The molecule has 0 spiro atoms. The number of nitrogens with one attached hydrogen (secondary N) is 1. The number of halogens is 3. The maximum absolute atomic E-state index is 13.1. The number of ether oxygens (including phenoxy) is 1. The Hall–Kier alpha value is -1.11. The number of aryl methyl sites for hydroxylation is 1. The van der Waals surface area contributed by atoms with Crippen molar-refractivity contribution in [1.82, 2.24) is 5.32 Å². The summed E-state index contributed by atoms with van der Waals surface area (Å²) in [6, 6.07) is 4.44. The number of aliphatic hydroxyl groups is 1. The van der Waals surface area contributed by atoms with Crippen LogP contribution in [0.2, 0.25) is 0 Å². The van der Waals surface area contributed by atoms with Gasteiger partial charge in [-0.15, -0.1) is 0 Å². The van der Waals surface area contributed by atoms with Gasteiger partial charge in [-0.2, -0.15) is 13.2 Å². The van der Waals surface area contributed by atoms with Gasteiger partial charge in [0, 0.05) is 6.54 Å². The molecule has 0 aliphatic heterocycles. The zero-order valence-corrected chi connectivity index (χ0v) is 12.4. The molecule has 0 heterocycles. The van der Waals surface area contributed by atoms with Gasteiger partial charge < -0.3 is 9.84 Å². The number of aliphatic hydroxyl groups excluding tert-OH is 1. The first-order valence-electron chi connectivity index (χ1n) is 6.86. The predicted octanol–water partition coefficient (Wildman–Crippen LogP) is 2.97. The summed E-state index contributed by atoms with van der Waals surface area (Å²) < 4.78 is 44.6. The van der Waals surface area contributed by atoms with Crippen molar-refractivity contribution in [2.45, 2.75) is 45.2 Å². The second-order valence-electron chi connectivity index (χ2n) is 5.33. The fraction of sp³-hybridized carbons (Fsp3) is 0.600. The third-order valence-corrected chi connectivity index (χ3v) is 2.88. The molecule has 0 bridgehead atoms. The molecule has 0 amide bonds. The highest BCUT2D eigenvalue weighted by Gasteiger charge is 2.40. The van der Waals surface area contributed by atoms with E-state index in [1.165, 1.54) is 12.1 Å². The molecule has 0 aromatic heterocycles. The number of alkyl halides is 3. The Kier molecular flexibility index (Phi) is 6.64. The van der Waals surface area contributed by atoms with Crippen molar-refractivity contribution in [1.29, 1.82) is 0 Å². The molecule has 6 heteroatoms. The Labute approximate surface area is 123 Å². The van der Waals surface area contributed by atoms with E-state index in [0.717, 1.165) is 5.56 Å². The van der Waals surface area contributed by atoms with Crippen LogP contribution in [0.5, 0.6) is 0 Å². The summed E-state index contributed by atoms with van der Waals surface area (Å²) in [4.78, 5) is 0. The SMILES string of the molecule is Cc1cccc(C(NCC(O)COC(C)C)C(F)(F)F)c1. The van der Waals surface area contributed by atoms with Crippen LogP contribution in [0.4, 0.5) is 13.2 Å². The van der Waals surface area contributed by atoms with Crippen molar-refractivity contribution in [3.05, 3.63) is 35.4 Å². The topological polar surface area (TPSA) is 41.5 Å². The molecule has 0 fully saturated rings. The molecule has 1 aromatic rings. The molecule has 3 nitrogen and oxygen atoms in total. The third kappa shape index (κ3) is 6.46. The molecular weight excluding hydrogens is 283 g/mol. The van der Waals surface area contributed by atoms with Crippen molar-refractivity contribution in [2.24, 2.45) is 0 Å². The minimum atomic E-state index is -4.42. The van der Waals surface area contributed by atoms with E-state index in [1.807, 2.05) is 0 Å². The highest BCUT2D eigenvalue weighted by atomic mass is 19.4. The third-order valence-electron chi connectivity index (χ3n) is 2.88. The van der Waals surface area contributed by atoms with E-state index in [2.05, 4.69) is 5.32 Å². The van der Waals surface area contributed by atoms with Crippen LogP contribution in [0.1, 0.15) is 31.0 Å². The van der Waals surface area contributed by atoms with Crippen LogP contribution >= 0.6 is 0 Å². The molecule has 2 N–H and O–H groups in total. The largest absolute Gasteiger partial charge is 0.407 e. The lowest BCUT2D eigenvalue weighted by atomic mass is 10.0. The summed E-state index contributed by atoms with van der Waals surface area (Å²) in [5, 5.41) is 12.0. The van der Waals surface area contributed by atoms with Gasteiger partial charge in [0.2, 0.25) is 0 Å². The summed E-state index contributed by atoms with van der Waals surface area (Å²) in [6.45, 7) is 5.15. The van der Waals surface area contributed by atoms with E-state index < -0.39 is 18.3 Å². The second kappa shape index (κ2) is 7.77. The number of hydrogen-bond acceptors (Lipinski definition) is 3. The van der Waals surface area contributed by atoms with Crippen molar-refractivity contribution >= 4 is 0 Å². The molecule has 2 unspecified atom stereocenters. The Bertz CT molecular complexity index is 435. The van der Waals surface area contributed by atoms with Gasteiger partial charge in [-0.05, 0) is 26.3 Å². The van der Waals surface area contributed by atoms with Gasteiger partial charge in [0.05, 0.1) is 18.8 Å². The van der Waals surface area contributed by atoms with E-state index in [4.69, 9.17) is 4.74 Å². The summed E-state index contributed by atoms with van der Waals surface area (Å²) in [6.07, 6.45) is -5.48. The molecule has 0 radical (unpaired) electrons. The second-order valence-corrected chi connectivity index (χ2v) is 5.33. The molecule has 2 atom stereocenters. The maximum atomic E-state index is 13.1. The number of benzene rings is 1. The van der Waals surface area contributed by atoms with Crippen LogP contribution in [-0.2, 0) is 4.74 Å².